The summed E-state index contributed by atoms with van der Waals surface area (Å²) in [6.45, 7) is 5.77. The number of carbonyl (C=O) groups is 1. The normalized spacial score (nSPS) is 26.0. The number of β-amino-alcohol motifs (C(OH)–C–C–N with tert-alkyl or cyclic N) is 1. The molecule has 2 aliphatic heterocycles. The maximum absolute atomic E-state index is 12.2. The molecule has 7 nitrogen and oxygen atoms in total. The molecule has 1 aromatic heterocycles. The summed E-state index contributed by atoms with van der Waals surface area (Å²) in [5, 5.41) is 21.6. The van der Waals surface area contributed by atoms with Gasteiger partial charge >= 0.3 is 0 Å². The minimum atomic E-state index is -0.366. The third kappa shape index (κ3) is 4.42. The molecule has 2 saturated heterocycles. The van der Waals surface area contributed by atoms with Crippen LogP contribution >= 0.6 is 23.1 Å². The van der Waals surface area contributed by atoms with Gasteiger partial charge in [-0.25, -0.2) is 0 Å². The van der Waals surface area contributed by atoms with Crippen LogP contribution in [-0.4, -0.2) is 81.6 Å². The Kier molecular flexibility index (Phi) is 5.86. The first kappa shape index (κ1) is 17.1. The second-order valence-electron chi connectivity index (χ2n) is 5.93. The lowest BCUT2D eigenvalue weighted by molar-refractivity contribution is -0.117. The fraction of sp³-hybridized carbons (Fsp3) is 0.786. The van der Waals surface area contributed by atoms with Crippen molar-refractivity contribution >= 4 is 34.1 Å². The van der Waals surface area contributed by atoms with E-state index in [1.54, 1.807) is 11.8 Å². The maximum atomic E-state index is 12.2. The van der Waals surface area contributed by atoms with E-state index in [9.17, 15) is 9.90 Å². The molecule has 2 N–H and O–H groups in total. The summed E-state index contributed by atoms with van der Waals surface area (Å²) < 4.78 is 0.869. The van der Waals surface area contributed by atoms with Gasteiger partial charge in [0.15, 0.2) is 4.34 Å². The molecule has 0 saturated carbocycles. The fourth-order valence-corrected chi connectivity index (χ4v) is 4.88. The summed E-state index contributed by atoms with van der Waals surface area (Å²) in [6.07, 6.45) is 2.05. The van der Waals surface area contributed by atoms with Crippen LogP contribution < -0.4 is 5.32 Å². The number of hydrogen-bond acceptors (Lipinski definition) is 8. The van der Waals surface area contributed by atoms with Crippen molar-refractivity contribution in [1.29, 1.82) is 0 Å². The van der Waals surface area contributed by atoms with E-state index >= 15 is 0 Å². The Morgan fingerprint density at radius 1 is 1.39 bits per heavy atom. The van der Waals surface area contributed by atoms with Gasteiger partial charge in [0.05, 0.1) is 12.6 Å². The van der Waals surface area contributed by atoms with Crippen molar-refractivity contribution in [2.24, 2.45) is 0 Å². The van der Waals surface area contributed by atoms with Crippen LogP contribution in [0.2, 0.25) is 0 Å². The van der Waals surface area contributed by atoms with Gasteiger partial charge in [-0.3, -0.25) is 19.9 Å². The van der Waals surface area contributed by atoms with Crippen LogP contribution in [0.1, 0.15) is 19.8 Å². The molecule has 0 spiro atoms. The molecule has 0 unspecified atom stereocenters. The summed E-state index contributed by atoms with van der Waals surface area (Å²) in [7, 11) is 0. The molecule has 1 aromatic rings. The number of nitrogens with zero attached hydrogens (tertiary/aromatic N) is 4. The molecule has 3 heterocycles. The third-order valence-corrected chi connectivity index (χ3v) is 6.09. The van der Waals surface area contributed by atoms with E-state index in [1.165, 1.54) is 24.2 Å². The molecule has 3 rings (SSSR count). The van der Waals surface area contributed by atoms with Gasteiger partial charge in [-0.1, -0.05) is 30.0 Å². The number of rotatable bonds is 6. The highest BCUT2D eigenvalue weighted by Crippen LogP contribution is 2.25. The Balaban J connectivity index is 1.48. The van der Waals surface area contributed by atoms with Gasteiger partial charge in [-0.15, -0.1) is 10.2 Å². The summed E-state index contributed by atoms with van der Waals surface area (Å²) in [5.41, 5.74) is 0. The Morgan fingerprint density at radius 2 is 2.17 bits per heavy atom. The SMILES string of the molecule is CCSc1nnc(NC(=O)CN2C[C@H](O)[C@@H](N3CCCC3)C2)s1. The number of likely N-dealkylation sites (tertiary alicyclic amines) is 2. The number of amides is 1. The smallest absolute Gasteiger partial charge is 0.240 e. The highest BCUT2D eigenvalue weighted by Gasteiger charge is 2.36. The number of carbonyl (C=O) groups excluding carboxylic acids is 1. The first-order valence-corrected chi connectivity index (χ1v) is 9.86. The fourth-order valence-electron chi connectivity index (χ4n) is 3.21. The maximum Gasteiger partial charge on any atom is 0.240 e. The molecule has 23 heavy (non-hydrogen) atoms. The molecule has 1 amide bonds. The van der Waals surface area contributed by atoms with Crippen LogP contribution in [0, 0.1) is 0 Å². The van der Waals surface area contributed by atoms with Crippen LogP contribution in [0.15, 0.2) is 4.34 Å². The highest BCUT2D eigenvalue weighted by atomic mass is 32.2. The summed E-state index contributed by atoms with van der Waals surface area (Å²) in [4.78, 5) is 16.5. The molecule has 128 valence electrons. The van der Waals surface area contributed by atoms with E-state index in [2.05, 4.69) is 27.3 Å². The predicted octanol–water partition coefficient (Wildman–Crippen LogP) is 0.729. The van der Waals surface area contributed by atoms with Crippen LogP contribution in [0.5, 0.6) is 0 Å². The second-order valence-corrected chi connectivity index (χ2v) is 8.41. The summed E-state index contributed by atoms with van der Waals surface area (Å²) >= 11 is 3.01. The van der Waals surface area contributed by atoms with Crippen LogP contribution in [0.3, 0.4) is 0 Å². The summed E-state index contributed by atoms with van der Waals surface area (Å²) in [5.74, 6) is 0.843. The molecule has 0 aliphatic carbocycles. The number of hydrogen-bond donors (Lipinski definition) is 2. The monoisotopic (exact) mass is 357 g/mol. The standard InChI is InChI=1S/C14H23N5O2S2/c1-2-22-14-17-16-13(23-14)15-12(21)9-18-7-10(11(20)8-18)19-5-3-4-6-19/h10-11,20H,2-9H2,1H3,(H,15,16,21)/t10-,11-/m0/s1. The van der Waals surface area contributed by atoms with Crippen molar-refractivity contribution < 1.29 is 9.90 Å². The van der Waals surface area contributed by atoms with Gasteiger partial charge < -0.3 is 5.11 Å². The van der Waals surface area contributed by atoms with E-state index in [1.807, 2.05) is 4.90 Å². The topological polar surface area (TPSA) is 81.6 Å². The molecule has 9 heteroatoms. The van der Waals surface area contributed by atoms with Gasteiger partial charge in [-0.2, -0.15) is 0 Å². The number of aromatic nitrogens is 2. The first-order valence-electron chi connectivity index (χ1n) is 8.06. The highest BCUT2D eigenvalue weighted by molar-refractivity contribution is 8.01. The molecule has 2 aliphatic rings. The molecule has 2 atom stereocenters. The van der Waals surface area contributed by atoms with Crippen molar-refractivity contribution in [2.75, 3.05) is 43.8 Å². The minimum Gasteiger partial charge on any atom is -0.390 e. The van der Waals surface area contributed by atoms with E-state index in [-0.39, 0.29) is 24.6 Å². The first-order chi connectivity index (χ1) is 11.2. The molecular weight excluding hydrogens is 334 g/mol. The zero-order valence-electron chi connectivity index (χ0n) is 13.3. The Hall–Kier alpha value is -0.740. The minimum absolute atomic E-state index is 0.0940. The zero-order chi connectivity index (χ0) is 16.2. The van der Waals surface area contributed by atoms with Gasteiger partial charge in [0.1, 0.15) is 0 Å². The molecule has 0 aromatic carbocycles. The van der Waals surface area contributed by atoms with E-state index in [4.69, 9.17) is 0 Å². The van der Waals surface area contributed by atoms with Gasteiger partial charge in [0.25, 0.3) is 0 Å². The molecule has 2 fully saturated rings. The van der Waals surface area contributed by atoms with Crippen molar-refractivity contribution in [3.63, 3.8) is 0 Å². The lowest BCUT2D eigenvalue weighted by Gasteiger charge is -2.25. The number of aliphatic hydroxyl groups is 1. The van der Waals surface area contributed by atoms with Crippen LogP contribution in [0.25, 0.3) is 0 Å². The van der Waals surface area contributed by atoms with Crippen LogP contribution in [0.4, 0.5) is 5.13 Å². The largest absolute Gasteiger partial charge is 0.390 e. The number of anilines is 1. The van der Waals surface area contributed by atoms with E-state index < -0.39 is 0 Å². The summed E-state index contributed by atoms with van der Waals surface area (Å²) in [6, 6.07) is 0.166. The Bertz CT molecular complexity index is 535. The van der Waals surface area contributed by atoms with E-state index in [0.29, 0.717) is 11.7 Å². The number of aliphatic hydroxyl groups excluding tert-OH is 1. The average Bonchev–Trinajstić information content (AvgIpc) is 3.21. The van der Waals surface area contributed by atoms with Crippen molar-refractivity contribution in [1.82, 2.24) is 20.0 Å². The number of nitrogens with one attached hydrogen (secondary N) is 1. The van der Waals surface area contributed by atoms with Gasteiger partial charge in [0, 0.05) is 19.1 Å². The van der Waals surface area contributed by atoms with Crippen LogP contribution in [-0.2, 0) is 4.79 Å². The molecular formula is C14H23N5O2S2. The average molecular weight is 358 g/mol. The van der Waals surface area contributed by atoms with Gasteiger partial charge in [-0.05, 0) is 31.7 Å². The lowest BCUT2D eigenvalue weighted by Crippen LogP contribution is -2.41. The third-order valence-electron chi connectivity index (χ3n) is 4.23. The second kappa shape index (κ2) is 7.89. The quantitative estimate of drug-likeness (QED) is 0.574. The Labute approximate surface area is 144 Å². The number of thioether (sulfide) groups is 1. The zero-order valence-corrected chi connectivity index (χ0v) is 14.9. The predicted molar refractivity (Wildman–Crippen MR) is 92.0 cm³/mol. The van der Waals surface area contributed by atoms with Crippen molar-refractivity contribution in [2.45, 2.75) is 36.3 Å². The lowest BCUT2D eigenvalue weighted by atomic mass is 10.2. The van der Waals surface area contributed by atoms with Crippen molar-refractivity contribution in [3.05, 3.63) is 0 Å². The molecule has 0 radical (unpaired) electrons. The molecule has 0 bridgehead atoms. The Morgan fingerprint density at radius 3 is 2.91 bits per heavy atom. The van der Waals surface area contributed by atoms with Crippen molar-refractivity contribution in [3.8, 4) is 0 Å². The van der Waals surface area contributed by atoms with Gasteiger partial charge in [0.2, 0.25) is 11.0 Å². The van der Waals surface area contributed by atoms with E-state index in [0.717, 1.165) is 29.7 Å².